The van der Waals surface area contributed by atoms with Crippen molar-refractivity contribution in [1.82, 2.24) is 19.9 Å². The highest BCUT2D eigenvalue weighted by Gasteiger charge is 2.17. The van der Waals surface area contributed by atoms with Gasteiger partial charge in [-0.2, -0.15) is 0 Å². The second kappa shape index (κ2) is 10.1. The van der Waals surface area contributed by atoms with Gasteiger partial charge < -0.3 is 24.1 Å². The molecule has 1 aliphatic heterocycles. The van der Waals surface area contributed by atoms with Crippen molar-refractivity contribution in [1.29, 1.82) is 0 Å². The van der Waals surface area contributed by atoms with E-state index in [4.69, 9.17) is 14.2 Å². The molecule has 4 aromatic rings. The molecule has 31 heavy (non-hydrogen) atoms. The number of fused-ring (bicyclic) bond motifs is 2. The molecule has 0 spiro atoms. The molecule has 2 aromatic carbocycles. The first-order valence-corrected chi connectivity index (χ1v) is 10.4. The normalized spacial score (nSPS) is 13.3. The fraction of sp³-hybridized carbons (Fsp3) is 0.348. The first-order valence-electron chi connectivity index (χ1n) is 10.4. The number of nitrogens with zero attached hydrogens (tertiary/aromatic N) is 4. The molecule has 8 heteroatoms. The number of aromatic amines is 1. The number of anilines is 1. The highest BCUT2D eigenvalue weighted by Crippen LogP contribution is 2.31. The van der Waals surface area contributed by atoms with E-state index >= 15 is 0 Å². The lowest BCUT2D eigenvalue weighted by Gasteiger charge is -2.15. The molecule has 1 N–H and O–H groups in total. The van der Waals surface area contributed by atoms with Crippen molar-refractivity contribution < 1.29 is 14.2 Å². The van der Waals surface area contributed by atoms with Gasteiger partial charge in [0, 0.05) is 31.0 Å². The molecule has 162 valence electrons. The second-order valence-corrected chi connectivity index (χ2v) is 7.15. The third-order valence-corrected chi connectivity index (χ3v) is 5.22. The minimum atomic E-state index is 0.548. The molecule has 8 nitrogen and oxygen atoms in total. The zero-order chi connectivity index (χ0) is 21.5. The number of hydrogen-bond acceptors (Lipinski definition) is 7. The van der Waals surface area contributed by atoms with Crippen molar-refractivity contribution >= 4 is 27.8 Å². The summed E-state index contributed by atoms with van der Waals surface area (Å²) in [5.41, 5.74) is 1.70. The van der Waals surface area contributed by atoms with Gasteiger partial charge >= 0.3 is 0 Å². The quantitative estimate of drug-likeness (QED) is 0.474. The Kier molecular flexibility index (Phi) is 6.78. The lowest BCUT2D eigenvalue weighted by molar-refractivity contribution is 0.147. The fourth-order valence-electron chi connectivity index (χ4n) is 3.71. The van der Waals surface area contributed by atoms with Crippen LogP contribution in [0.15, 0.2) is 49.1 Å². The van der Waals surface area contributed by atoms with Crippen LogP contribution in [0.4, 0.5) is 5.82 Å². The molecular formula is C23H27N5O3. The third kappa shape index (κ3) is 4.69. The SMILES string of the molecule is COCCOc1cccc2c(OC)cccc12.c1nc(N2CCCC2)c2[nH]cnc2n1. The molecule has 3 heterocycles. The van der Waals surface area contributed by atoms with Crippen LogP contribution >= 0.6 is 0 Å². The van der Waals surface area contributed by atoms with Crippen molar-refractivity contribution in [2.24, 2.45) is 0 Å². The molecule has 0 atom stereocenters. The summed E-state index contributed by atoms with van der Waals surface area (Å²) in [5.74, 6) is 2.71. The van der Waals surface area contributed by atoms with Gasteiger partial charge in [-0.25, -0.2) is 15.0 Å². The maximum atomic E-state index is 5.68. The third-order valence-electron chi connectivity index (χ3n) is 5.22. The van der Waals surface area contributed by atoms with Gasteiger partial charge in [0.1, 0.15) is 29.9 Å². The van der Waals surface area contributed by atoms with E-state index in [-0.39, 0.29) is 0 Å². The largest absolute Gasteiger partial charge is 0.496 e. The summed E-state index contributed by atoms with van der Waals surface area (Å²) in [6.45, 7) is 3.31. The number of rotatable bonds is 6. The Labute approximate surface area is 181 Å². The summed E-state index contributed by atoms with van der Waals surface area (Å²) in [6, 6.07) is 11.9. The van der Waals surface area contributed by atoms with Gasteiger partial charge in [-0.3, -0.25) is 0 Å². The molecule has 0 bridgehead atoms. The zero-order valence-corrected chi connectivity index (χ0v) is 17.9. The van der Waals surface area contributed by atoms with Crippen LogP contribution in [0.3, 0.4) is 0 Å². The molecule has 0 aliphatic carbocycles. The number of methoxy groups -OCH3 is 2. The number of ether oxygens (including phenoxy) is 3. The maximum Gasteiger partial charge on any atom is 0.182 e. The Morgan fingerprint density at radius 1 is 0.903 bits per heavy atom. The Morgan fingerprint density at radius 3 is 2.39 bits per heavy atom. The summed E-state index contributed by atoms with van der Waals surface area (Å²) >= 11 is 0. The average molecular weight is 422 g/mol. The van der Waals surface area contributed by atoms with Crippen molar-refractivity contribution in [2.45, 2.75) is 12.8 Å². The van der Waals surface area contributed by atoms with Gasteiger partial charge in [-0.1, -0.05) is 24.3 Å². The highest BCUT2D eigenvalue weighted by molar-refractivity contribution is 5.93. The lowest BCUT2D eigenvalue weighted by Crippen LogP contribution is -2.19. The summed E-state index contributed by atoms with van der Waals surface area (Å²) in [7, 11) is 3.34. The predicted octanol–water partition coefficient (Wildman–Crippen LogP) is 3.83. The smallest absolute Gasteiger partial charge is 0.182 e. The molecule has 1 fully saturated rings. The predicted molar refractivity (Wildman–Crippen MR) is 121 cm³/mol. The summed E-state index contributed by atoms with van der Waals surface area (Å²) in [6.07, 6.45) is 5.75. The van der Waals surface area contributed by atoms with Gasteiger partial charge in [-0.15, -0.1) is 0 Å². The Morgan fingerprint density at radius 2 is 1.65 bits per heavy atom. The minimum absolute atomic E-state index is 0.548. The summed E-state index contributed by atoms with van der Waals surface area (Å²) < 4.78 is 16.0. The summed E-state index contributed by atoms with van der Waals surface area (Å²) in [4.78, 5) is 17.9. The van der Waals surface area contributed by atoms with E-state index in [1.54, 1.807) is 26.9 Å². The molecule has 2 aromatic heterocycles. The molecule has 5 rings (SSSR count). The van der Waals surface area contributed by atoms with Crippen LogP contribution in [-0.4, -0.2) is 60.5 Å². The van der Waals surface area contributed by atoms with E-state index in [9.17, 15) is 0 Å². The molecule has 1 saturated heterocycles. The Hall–Kier alpha value is -3.39. The van der Waals surface area contributed by atoms with Crippen LogP contribution in [0.5, 0.6) is 11.5 Å². The first kappa shape index (κ1) is 20.9. The van der Waals surface area contributed by atoms with E-state index in [0.717, 1.165) is 52.3 Å². The van der Waals surface area contributed by atoms with E-state index in [1.807, 2.05) is 36.4 Å². The number of H-pyrrole nitrogens is 1. The monoisotopic (exact) mass is 421 g/mol. The highest BCUT2D eigenvalue weighted by atomic mass is 16.5. The van der Waals surface area contributed by atoms with Crippen LogP contribution in [0.25, 0.3) is 21.9 Å². The number of nitrogens with one attached hydrogen (secondary N) is 1. The van der Waals surface area contributed by atoms with E-state index in [1.165, 1.54) is 12.8 Å². The van der Waals surface area contributed by atoms with Crippen molar-refractivity contribution in [3.63, 3.8) is 0 Å². The maximum absolute atomic E-state index is 5.68. The van der Waals surface area contributed by atoms with Crippen molar-refractivity contribution in [2.75, 3.05) is 45.4 Å². The van der Waals surface area contributed by atoms with Crippen LogP contribution in [0.1, 0.15) is 12.8 Å². The average Bonchev–Trinajstić information content (AvgIpc) is 3.51. The zero-order valence-electron chi connectivity index (χ0n) is 17.9. The van der Waals surface area contributed by atoms with Gasteiger partial charge in [0.2, 0.25) is 0 Å². The summed E-state index contributed by atoms with van der Waals surface area (Å²) in [5, 5.41) is 2.12. The minimum Gasteiger partial charge on any atom is -0.496 e. The molecule has 0 amide bonds. The van der Waals surface area contributed by atoms with E-state index < -0.39 is 0 Å². The Bertz CT molecular complexity index is 1120. The molecule has 0 radical (unpaired) electrons. The lowest BCUT2D eigenvalue weighted by atomic mass is 10.1. The number of aromatic nitrogens is 4. The van der Waals surface area contributed by atoms with Crippen molar-refractivity contribution in [3.8, 4) is 11.5 Å². The van der Waals surface area contributed by atoms with Gasteiger partial charge in [0.25, 0.3) is 0 Å². The Balaban J connectivity index is 0.000000151. The van der Waals surface area contributed by atoms with Crippen LogP contribution < -0.4 is 14.4 Å². The number of benzene rings is 2. The van der Waals surface area contributed by atoms with Gasteiger partial charge in [0.05, 0.1) is 20.0 Å². The van der Waals surface area contributed by atoms with Crippen molar-refractivity contribution in [3.05, 3.63) is 49.1 Å². The standard InChI is InChI=1S/C14H16O3.C9H11N5/c1-15-9-10-17-14-8-4-5-11-12(14)6-3-7-13(11)16-2;1-2-4-14(3-1)9-7-8(11-5-10-7)12-6-13-9/h3-8H,9-10H2,1-2H3;5-6H,1-4H2,(H,10,11,12,13). The topological polar surface area (TPSA) is 85.4 Å². The number of hydrogen-bond donors (Lipinski definition) is 1. The fourth-order valence-corrected chi connectivity index (χ4v) is 3.71. The molecular weight excluding hydrogens is 394 g/mol. The van der Waals surface area contributed by atoms with Gasteiger partial charge in [0.15, 0.2) is 11.5 Å². The molecule has 0 saturated carbocycles. The van der Waals surface area contributed by atoms with E-state index in [0.29, 0.717) is 13.2 Å². The van der Waals surface area contributed by atoms with E-state index in [2.05, 4.69) is 24.8 Å². The van der Waals surface area contributed by atoms with Crippen LogP contribution in [0.2, 0.25) is 0 Å². The van der Waals surface area contributed by atoms with Crippen LogP contribution in [-0.2, 0) is 4.74 Å². The molecule has 1 aliphatic rings. The first-order chi connectivity index (χ1) is 15.3. The van der Waals surface area contributed by atoms with Crippen LogP contribution in [0, 0.1) is 0 Å². The number of imidazole rings is 1. The van der Waals surface area contributed by atoms with Gasteiger partial charge in [-0.05, 0) is 25.0 Å². The second-order valence-electron chi connectivity index (χ2n) is 7.15. The molecule has 0 unspecified atom stereocenters.